The minimum absolute atomic E-state index is 0.270. The zero-order valence-electron chi connectivity index (χ0n) is 17.7. The Balaban J connectivity index is 1.42. The molecule has 11 heteroatoms. The Morgan fingerprint density at radius 3 is 2.72 bits per heavy atom. The van der Waals surface area contributed by atoms with Crippen LogP contribution in [0.4, 0.5) is 10.8 Å². The summed E-state index contributed by atoms with van der Waals surface area (Å²) in [5.41, 5.74) is 1.40. The van der Waals surface area contributed by atoms with E-state index in [4.69, 9.17) is 4.42 Å². The molecule has 166 valence electrons. The van der Waals surface area contributed by atoms with Crippen LogP contribution in [0.1, 0.15) is 18.4 Å². The molecule has 4 rings (SSSR count). The number of anilines is 2. The van der Waals surface area contributed by atoms with Gasteiger partial charge in [-0.05, 0) is 38.1 Å². The van der Waals surface area contributed by atoms with Gasteiger partial charge in [-0.3, -0.25) is 14.3 Å². The maximum Gasteiger partial charge on any atom is 0.295 e. The quantitative estimate of drug-likeness (QED) is 0.379. The van der Waals surface area contributed by atoms with Gasteiger partial charge in [0.2, 0.25) is 11.0 Å². The number of nitrogens with one attached hydrogen (secondary N) is 2. The molecule has 0 unspecified atom stereocenters. The van der Waals surface area contributed by atoms with Crippen molar-refractivity contribution < 1.29 is 9.21 Å². The second-order valence-corrected chi connectivity index (χ2v) is 9.56. The van der Waals surface area contributed by atoms with Gasteiger partial charge in [-0.1, -0.05) is 41.3 Å². The van der Waals surface area contributed by atoms with Gasteiger partial charge in [0.25, 0.3) is 5.56 Å². The number of carbonyl (C=O) groups excluding carboxylic acids is 1. The van der Waals surface area contributed by atoms with Gasteiger partial charge < -0.3 is 15.1 Å². The summed E-state index contributed by atoms with van der Waals surface area (Å²) in [4.78, 5) is 25.8. The van der Waals surface area contributed by atoms with E-state index in [1.54, 1.807) is 31.8 Å². The highest BCUT2D eigenvalue weighted by Crippen LogP contribution is 2.29. The molecule has 0 aliphatic rings. The fourth-order valence-electron chi connectivity index (χ4n) is 3.05. The van der Waals surface area contributed by atoms with E-state index in [9.17, 15) is 9.59 Å². The number of furan rings is 1. The lowest BCUT2D eigenvalue weighted by atomic mass is 10.3. The topological polar surface area (TPSA) is 107 Å². The fraction of sp³-hybridized carbons (Fsp3) is 0.238. The first-order valence-corrected chi connectivity index (χ1v) is 11.5. The molecule has 32 heavy (non-hydrogen) atoms. The molecule has 0 aliphatic heterocycles. The van der Waals surface area contributed by atoms with Crippen molar-refractivity contribution in [2.75, 3.05) is 10.6 Å². The Labute approximate surface area is 192 Å². The van der Waals surface area contributed by atoms with E-state index in [1.807, 2.05) is 42.5 Å². The largest absolute Gasteiger partial charge is 0.467 e. The van der Waals surface area contributed by atoms with Gasteiger partial charge in [0.15, 0.2) is 4.34 Å². The third kappa shape index (κ3) is 4.63. The van der Waals surface area contributed by atoms with Gasteiger partial charge in [-0.15, -0.1) is 10.2 Å². The van der Waals surface area contributed by atoms with Crippen LogP contribution in [0.15, 0.2) is 62.3 Å². The molecule has 3 heterocycles. The molecule has 0 fully saturated rings. The van der Waals surface area contributed by atoms with E-state index in [1.165, 1.54) is 27.8 Å². The van der Waals surface area contributed by atoms with Gasteiger partial charge in [0.1, 0.15) is 11.4 Å². The molecule has 0 saturated carbocycles. The first-order valence-electron chi connectivity index (χ1n) is 9.85. The van der Waals surface area contributed by atoms with Crippen LogP contribution >= 0.6 is 23.1 Å². The lowest BCUT2D eigenvalue weighted by Crippen LogP contribution is -2.27. The Morgan fingerprint density at radius 1 is 1.22 bits per heavy atom. The van der Waals surface area contributed by atoms with E-state index < -0.39 is 5.25 Å². The van der Waals surface area contributed by atoms with Crippen molar-refractivity contribution in [2.24, 2.45) is 7.05 Å². The van der Waals surface area contributed by atoms with Crippen LogP contribution in [0, 0.1) is 6.92 Å². The average molecular weight is 471 g/mol. The van der Waals surface area contributed by atoms with Gasteiger partial charge >= 0.3 is 0 Å². The number of benzene rings is 1. The number of hydrogen-bond acceptors (Lipinski definition) is 8. The second-order valence-electron chi connectivity index (χ2n) is 6.99. The SMILES string of the molecule is Cc1c(NC(=O)[C@@H](C)Sc2nnc(NCc3ccco3)s2)c(=O)n(-c2ccccc2)n1C. The molecule has 0 spiro atoms. The summed E-state index contributed by atoms with van der Waals surface area (Å²) >= 11 is 2.64. The first-order chi connectivity index (χ1) is 15.4. The standard InChI is InChI=1S/C21H22N6O3S2/c1-13-17(19(29)27(26(13)3)15-8-5-4-6-9-15)23-18(28)14(2)31-21-25-24-20(32-21)22-12-16-10-7-11-30-16/h4-11,14H,12H2,1-3H3,(H,22,24)(H,23,28)/t14-/m1/s1. The molecule has 1 atom stereocenters. The zero-order valence-corrected chi connectivity index (χ0v) is 19.4. The number of amides is 1. The minimum Gasteiger partial charge on any atom is -0.467 e. The summed E-state index contributed by atoms with van der Waals surface area (Å²) in [5.74, 6) is 0.517. The molecular formula is C21H22N6O3S2. The number of nitrogens with zero attached hydrogens (tertiary/aromatic N) is 4. The Hall–Kier alpha value is -3.31. The number of carbonyl (C=O) groups is 1. The third-order valence-electron chi connectivity index (χ3n) is 4.85. The van der Waals surface area contributed by atoms with Gasteiger partial charge in [-0.2, -0.15) is 0 Å². The van der Waals surface area contributed by atoms with Crippen LogP contribution in [0.5, 0.6) is 0 Å². The molecule has 0 saturated heterocycles. The number of thioether (sulfide) groups is 1. The predicted molar refractivity (Wildman–Crippen MR) is 126 cm³/mol. The molecular weight excluding hydrogens is 448 g/mol. The van der Waals surface area contributed by atoms with Crippen molar-refractivity contribution in [2.45, 2.75) is 30.0 Å². The van der Waals surface area contributed by atoms with E-state index in [2.05, 4.69) is 20.8 Å². The van der Waals surface area contributed by atoms with Gasteiger partial charge in [0, 0.05) is 7.05 Å². The van der Waals surface area contributed by atoms with E-state index in [-0.39, 0.29) is 17.2 Å². The van der Waals surface area contributed by atoms with Crippen LogP contribution < -0.4 is 16.2 Å². The molecule has 2 N–H and O–H groups in total. The summed E-state index contributed by atoms with van der Waals surface area (Å²) in [6.45, 7) is 4.07. The molecule has 1 aromatic carbocycles. The maximum absolute atomic E-state index is 13.0. The van der Waals surface area contributed by atoms with Crippen LogP contribution in [-0.4, -0.2) is 30.7 Å². The molecule has 0 radical (unpaired) electrons. The molecule has 9 nitrogen and oxygen atoms in total. The molecule has 3 aromatic heterocycles. The minimum atomic E-state index is -0.468. The first kappa shape index (κ1) is 21.9. The lowest BCUT2D eigenvalue weighted by molar-refractivity contribution is -0.115. The van der Waals surface area contributed by atoms with Crippen LogP contribution in [0.25, 0.3) is 5.69 Å². The fourth-order valence-corrected chi connectivity index (χ4v) is 4.94. The predicted octanol–water partition coefficient (Wildman–Crippen LogP) is 3.66. The van der Waals surface area contributed by atoms with E-state index >= 15 is 0 Å². The van der Waals surface area contributed by atoms with Crippen molar-refractivity contribution in [3.8, 4) is 5.69 Å². The average Bonchev–Trinajstić information content (AvgIpc) is 3.51. The van der Waals surface area contributed by atoms with Gasteiger partial charge in [-0.25, -0.2) is 4.68 Å². The Morgan fingerprint density at radius 2 is 2.00 bits per heavy atom. The maximum atomic E-state index is 13.0. The van der Waals surface area contributed by atoms with Crippen LogP contribution in [-0.2, 0) is 18.4 Å². The highest BCUT2D eigenvalue weighted by Gasteiger charge is 2.22. The molecule has 0 bridgehead atoms. The normalized spacial score (nSPS) is 12.0. The highest BCUT2D eigenvalue weighted by molar-refractivity contribution is 8.02. The number of para-hydroxylation sites is 1. The van der Waals surface area contributed by atoms with Crippen molar-refractivity contribution in [3.63, 3.8) is 0 Å². The van der Waals surface area contributed by atoms with E-state index in [0.717, 1.165) is 11.4 Å². The molecule has 4 aromatic rings. The van der Waals surface area contributed by atoms with Crippen molar-refractivity contribution >= 4 is 39.8 Å². The number of hydrogen-bond donors (Lipinski definition) is 2. The molecule has 0 aliphatic carbocycles. The Kier molecular flexibility index (Phi) is 6.47. The Bertz CT molecular complexity index is 1260. The van der Waals surface area contributed by atoms with Crippen LogP contribution in [0.3, 0.4) is 0 Å². The number of rotatable bonds is 8. The monoisotopic (exact) mass is 470 g/mol. The second kappa shape index (κ2) is 9.45. The van der Waals surface area contributed by atoms with Crippen molar-refractivity contribution in [3.05, 3.63) is 70.5 Å². The number of aromatic nitrogens is 4. The summed E-state index contributed by atoms with van der Waals surface area (Å²) < 4.78 is 9.19. The summed E-state index contributed by atoms with van der Waals surface area (Å²) in [7, 11) is 1.79. The highest BCUT2D eigenvalue weighted by atomic mass is 32.2. The summed E-state index contributed by atoms with van der Waals surface area (Å²) in [5, 5.41) is 14.3. The smallest absolute Gasteiger partial charge is 0.295 e. The van der Waals surface area contributed by atoms with E-state index in [0.29, 0.717) is 21.7 Å². The third-order valence-corrected chi connectivity index (χ3v) is 6.91. The summed E-state index contributed by atoms with van der Waals surface area (Å²) in [6.07, 6.45) is 1.61. The van der Waals surface area contributed by atoms with Crippen molar-refractivity contribution in [1.29, 1.82) is 0 Å². The van der Waals surface area contributed by atoms with Crippen molar-refractivity contribution in [1.82, 2.24) is 19.6 Å². The van der Waals surface area contributed by atoms with Crippen LogP contribution in [0.2, 0.25) is 0 Å². The zero-order chi connectivity index (χ0) is 22.7. The van der Waals surface area contributed by atoms with Gasteiger partial charge in [0.05, 0.1) is 29.4 Å². The summed E-state index contributed by atoms with van der Waals surface area (Å²) in [6, 6.07) is 13.0. The molecule has 1 amide bonds. The lowest BCUT2D eigenvalue weighted by Gasteiger charge is -2.09.